The molecule has 0 radical (unpaired) electrons. The number of anilines is 1. The van der Waals surface area contributed by atoms with Crippen LogP contribution >= 0.6 is 11.6 Å². The third-order valence-electron chi connectivity index (χ3n) is 4.78. The van der Waals surface area contributed by atoms with Crippen LogP contribution < -0.4 is 10.6 Å². The Morgan fingerprint density at radius 2 is 1.79 bits per heavy atom. The van der Waals surface area contributed by atoms with Crippen LogP contribution in [0.4, 0.5) is 5.69 Å². The van der Waals surface area contributed by atoms with Crippen molar-refractivity contribution in [1.29, 1.82) is 0 Å². The molecule has 1 fully saturated rings. The minimum absolute atomic E-state index is 0.0554. The minimum Gasteiger partial charge on any atom is -0.346 e. The summed E-state index contributed by atoms with van der Waals surface area (Å²) in [5.74, 6) is -1.70. The molecule has 154 valence electrons. The first kappa shape index (κ1) is 21.3. The maximum atomic E-state index is 12.9. The van der Waals surface area contributed by atoms with Crippen molar-refractivity contribution in [3.05, 3.63) is 59.1 Å². The summed E-state index contributed by atoms with van der Waals surface area (Å²) in [5, 5.41) is 5.29. The Labute approximate surface area is 175 Å². The molecule has 9 heteroatoms. The fraction of sp³-hybridized carbons (Fsp3) is 0.300. The van der Waals surface area contributed by atoms with E-state index in [2.05, 4.69) is 10.6 Å². The van der Waals surface area contributed by atoms with Gasteiger partial charge in [-0.2, -0.15) is 4.31 Å². The molecule has 1 saturated heterocycles. The fourth-order valence-corrected chi connectivity index (χ4v) is 5.08. The molecule has 0 saturated carbocycles. The summed E-state index contributed by atoms with van der Waals surface area (Å²) in [7, 11) is -3.66. The highest BCUT2D eigenvalue weighted by molar-refractivity contribution is 7.89. The van der Waals surface area contributed by atoms with Crippen molar-refractivity contribution < 1.29 is 18.0 Å². The van der Waals surface area contributed by atoms with E-state index < -0.39 is 27.9 Å². The van der Waals surface area contributed by atoms with Gasteiger partial charge in [0.1, 0.15) is 0 Å². The smallest absolute Gasteiger partial charge is 0.313 e. The van der Waals surface area contributed by atoms with Crippen molar-refractivity contribution in [3.63, 3.8) is 0 Å². The largest absolute Gasteiger partial charge is 0.346 e. The first-order valence-electron chi connectivity index (χ1n) is 9.21. The lowest BCUT2D eigenvalue weighted by Gasteiger charge is -2.24. The molecule has 0 bridgehead atoms. The second kappa shape index (κ2) is 8.94. The molecule has 1 atom stereocenters. The maximum absolute atomic E-state index is 12.9. The number of nitrogens with zero attached hydrogens (tertiary/aromatic N) is 1. The van der Waals surface area contributed by atoms with Gasteiger partial charge in [-0.3, -0.25) is 9.59 Å². The van der Waals surface area contributed by atoms with Crippen LogP contribution in [0.15, 0.2) is 53.4 Å². The second-order valence-corrected chi connectivity index (χ2v) is 9.17. The lowest BCUT2D eigenvalue weighted by molar-refractivity contribution is -0.136. The predicted octanol–water partition coefficient (Wildman–Crippen LogP) is 2.56. The first-order valence-corrected chi connectivity index (χ1v) is 11.0. The molecular formula is C20H22ClN3O4S. The van der Waals surface area contributed by atoms with Gasteiger partial charge in [0.05, 0.1) is 15.6 Å². The van der Waals surface area contributed by atoms with Crippen LogP contribution in [0.3, 0.4) is 0 Å². The molecule has 0 aliphatic carbocycles. The summed E-state index contributed by atoms with van der Waals surface area (Å²) in [6.07, 6.45) is 1.30. The van der Waals surface area contributed by atoms with E-state index in [1.165, 1.54) is 4.31 Å². The van der Waals surface area contributed by atoms with Gasteiger partial charge in [-0.05, 0) is 44.0 Å². The average molecular weight is 436 g/mol. The van der Waals surface area contributed by atoms with Gasteiger partial charge in [-0.1, -0.05) is 41.4 Å². The summed E-state index contributed by atoms with van der Waals surface area (Å²) in [6, 6.07) is 12.8. The molecule has 1 aliphatic heterocycles. The molecule has 0 aromatic heterocycles. The van der Waals surface area contributed by atoms with E-state index in [1.807, 2.05) is 6.92 Å². The molecule has 1 aliphatic rings. The molecule has 1 unspecified atom stereocenters. The molecular weight excluding hydrogens is 414 g/mol. The van der Waals surface area contributed by atoms with Crippen molar-refractivity contribution in [2.75, 3.05) is 18.4 Å². The number of para-hydroxylation sites is 1. The number of aryl methyl sites for hydroxylation is 1. The Morgan fingerprint density at radius 1 is 1.10 bits per heavy atom. The Bertz CT molecular complexity index is 1010. The molecule has 2 aromatic rings. The van der Waals surface area contributed by atoms with Crippen LogP contribution in [0.2, 0.25) is 5.02 Å². The quantitative estimate of drug-likeness (QED) is 0.705. The van der Waals surface area contributed by atoms with Gasteiger partial charge in [-0.15, -0.1) is 0 Å². The zero-order valence-electron chi connectivity index (χ0n) is 15.9. The number of nitrogens with one attached hydrogen (secondary N) is 2. The van der Waals surface area contributed by atoms with E-state index in [9.17, 15) is 18.0 Å². The maximum Gasteiger partial charge on any atom is 0.313 e. The summed E-state index contributed by atoms with van der Waals surface area (Å²) in [5.41, 5.74) is 1.30. The molecule has 1 heterocycles. The number of carbonyl (C=O) groups is 2. The Kier molecular flexibility index (Phi) is 6.56. The number of halogens is 1. The van der Waals surface area contributed by atoms with Crippen LogP contribution in [-0.2, 0) is 19.6 Å². The Hall–Kier alpha value is -2.42. The van der Waals surface area contributed by atoms with Crippen molar-refractivity contribution in [2.24, 2.45) is 0 Å². The molecule has 0 spiro atoms. The highest BCUT2D eigenvalue weighted by atomic mass is 35.5. The highest BCUT2D eigenvalue weighted by Crippen LogP contribution is 2.26. The van der Waals surface area contributed by atoms with Crippen molar-refractivity contribution in [1.82, 2.24) is 9.62 Å². The number of amides is 2. The van der Waals surface area contributed by atoms with E-state index in [0.717, 1.165) is 5.56 Å². The molecule has 7 nitrogen and oxygen atoms in total. The van der Waals surface area contributed by atoms with Crippen molar-refractivity contribution >= 4 is 39.1 Å². The van der Waals surface area contributed by atoms with Crippen LogP contribution in [0.5, 0.6) is 0 Å². The Balaban J connectivity index is 1.62. The topological polar surface area (TPSA) is 95.6 Å². The summed E-state index contributed by atoms with van der Waals surface area (Å²) < 4.78 is 27.3. The lowest BCUT2D eigenvalue weighted by atomic mass is 10.2. The molecule has 2 amide bonds. The normalized spacial score (nSPS) is 17.1. The van der Waals surface area contributed by atoms with E-state index in [-0.39, 0.29) is 11.4 Å². The predicted molar refractivity (Wildman–Crippen MR) is 111 cm³/mol. The minimum atomic E-state index is -3.66. The van der Waals surface area contributed by atoms with Crippen molar-refractivity contribution in [3.8, 4) is 0 Å². The molecule has 29 heavy (non-hydrogen) atoms. The SMILES string of the molecule is Cc1ccc(S(=O)(=O)N2CCCC2CNC(=O)C(=O)Nc2ccccc2Cl)cc1. The third-order valence-corrected chi connectivity index (χ3v) is 7.07. The van der Waals surface area contributed by atoms with E-state index >= 15 is 0 Å². The van der Waals surface area contributed by atoms with E-state index in [1.54, 1.807) is 48.5 Å². The monoisotopic (exact) mass is 435 g/mol. The van der Waals surface area contributed by atoms with Crippen LogP contribution in [-0.4, -0.2) is 43.7 Å². The van der Waals surface area contributed by atoms with Crippen molar-refractivity contribution in [2.45, 2.75) is 30.7 Å². The number of benzene rings is 2. The summed E-state index contributed by atoms with van der Waals surface area (Å²) in [4.78, 5) is 24.5. The number of carbonyl (C=O) groups excluding carboxylic acids is 2. The van der Waals surface area contributed by atoms with Gasteiger partial charge in [0.25, 0.3) is 0 Å². The lowest BCUT2D eigenvalue weighted by Crippen LogP contribution is -2.45. The van der Waals surface area contributed by atoms with Crippen LogP contribution in [0.1, 0.15) is 18.4 Å². The standard InChI is InChI=1S/C20H22ClN3O4S/c1-14-8-10-16(11-9-14)29(27,28)24-12-4-5-15(24)13-22-19(25)20(26)23-18-7-3-2-6-17(18)21/h2-3,6-11,15H,4-5,12-13H2,1H3,(H,22,25)(H,23,26). The third kappa shape index (κ3) is 4.95. The number of hydrogen-bond donors (Lipinski definition) is 2. The number of sulfonamides is 1. The molecule has 3 rings (SSSR count). The summed E-state index contributed by atoms with van der Waals surface area (Å²) >= 11 is 5.97. The van der Waals surface area contributed by atoms with Crippen LogP contribution in [0.25, 0.3) is 0 Å². The van der Waals surface area contributed by atoms with Gasteiger partial charge in [0, 0.05) is 19.1 Å². The Morgan fingerprint density at radius 3 is 2.48 bits per heavy atom. The van der Waals surface area contributed by atoms with Gasteiger partial charge in [-0.25, -0.2) is 8.42 Å². The van der Waals surface area contributed by atoms with Gasteiger partial charge in [0.2, 0.25) is 10.0 Å². The van der Waals surface area contributed by atoms with Gasteiger partial charge in [0.15, 0.2) is 0 Å². The van der Waals surface area contributed by atoms with Gasteiger partial charge < -0.3 is 10.6 Å². The second-order valence-electron chi connectivity index (χ2n) is 6.87. The van der Waals surface area contributed by atoms with Crippen LogP contribution in [0, 0.1) is 6.92 Å². The highest BCUT2D eigenvalue weighted by Gasteiger charge is 2.35. The number of hydrogen-bond acceptors (Lipinski definition) is 4. The molecule has 2 aromatic carbocycles. The first-order chi connectivity index (χ1) is 13.8. The fourth-order valence-electron chi connectivity index (χ4n) is 3.21. The summed E-state index contributed by atoms with van der Waals surface area (Å²) in [6.45, 7) is 2.32. The van der Waals surface area contributed by atoms with E-state index in [0.29, 0.717) is 30.1 Å². The zero-order valence-corrected chi connectivity index (χ0v) is 17.5. The average Bonchev–Trinajstić information content (AvgIpc) is 3.17. The van der Waals surface area contributed by atoms with Gasteiger partial charge >= 0.3 is 11.8 Å². The van der Waals surface area contributed by atoms with E-state index in [4.69, 9.17) is 11.6 Å². The molecule has 2 N–H and O–H groups in total. The zero-order chi connectivity index (χ0) is 21.0. The number of rotatable bonds is 5.